The Morgan fingerprint density at radius 1 is 1.10 bits per heavy atom. The van der Waals surface area contributed by atoms with Crippen molar-refractivity contribution in [2.45, 2.75) is 0 Å². The molecule has 2 aromatic carbocycles. The number of hydrogen-bond donors (Lipinski definition) is 1. The van der Waals surface area contributed by atoms with Crippen LogP contribution in [-0.4, -0.2) is 17.1 Å². The van der Waals surface area contributed by atoms with Crippen molar-refractivity contribution in [1.29, 1.82) is 0 Å². The van der Waals surface area contributed by atoms with Gasteiger partial charge in [-0.25, -0.2) is 0 Å². The number of nitrogens with zero attached hydrogens (tertiary/aromatic N) is 3. The molecule has 0 spiro atoms. The van der Waals surface area contributed by atoms with Crippen LogP contribution in [0.5, 0.6) is 11.5 Å². The number of benzene rings is 2. The number of ether oxygens (including phenoxy) is 1. The highest BCUT2D eigenvalue weighted by Gasteiger charge is 2.04. The number of azo groups is 1. The predicted octanol–water partition coefficient (Wildman–Crippen LogP) is 3.72. The number of hydrogen-bond acceptors (Lipinski definition) is 6. The minimum absolute atomic E-state index is 0.00440. The van der Waals surface area contributed by atoms with Gasteiger partial charge in [-0.3, -0.25) is 10.1 Å². The maximum atomic E-state index is 10.5. The molecule has 2 aromatic rings. The van der Waals surface area contributed by atoms with E-state index in [2.05, 4.69) is 10.2 Å². The van der Waals surface area contributed by atoms with Gasteiger partial charge in [0, 0.05) is 18.2 Å². The van der Waals surface area contributed by atoms with E-state index >= 15 is 0 Å². The molecule has 102 valence electrons. The normalized spacial score (nSPS) is 10.7. The van der Waals surface area contributed by atoms with Crippen molar-refractivity contribution < 1.29 is 14.8 Å². The summed E-state index contributed by atoms with van der Waals surface area (Å²) < 4.78 is 4.95. The van der Waals surface area contributed by atoms with Gasteiger partial charge in [-0.2, -0.15) is 10.2 Å². The fraction of sp³-hybridized carbons (Fsp3) is 0.0769. The summed E-state index contributed by atoms with van der Waals surface area (Å²) in [4.78, 5) is 10.0. The first kappa shape index (κ1) is 13.5. The summed E-state index contributed by atoms with van der Waals surface area (Å²) in [5.41, 5.74) is 0.982. The van der Waals surface area contributed by atoms with E-state index < -0.39 is 4.92 Å². The van der Waals surface area contributed by atoms with Crippen LogP contribution >= 0.6 is 0 Å². The van der Waals surface area contributed by atoms with E-state index in [1.54, 1.807) is 6.07 Å². The molecule has 0 saturated carbocycles. The van der Waals surface area contributed by atoms with Crippen LogP contribution in [0.15, 0.2) is 52.7 Å². The number of rotatable bonds is 4. The van der Waals surface area contributed by atoms with Gasteiger partial charge in [0.25, 0.3) is 5.69 Å². The van der Waals surface area contributed by atoms with Crippen molar-refractivity contribution in [3.05, 3.63) is 52.6 Å². The fourth-order valence-electron chi connectivity index (χ4n) is 1.48. The lowest BCUT2D eigenvalue weighted by atomic mass is 10.3. The van der Waals surface area contributed by atoms with Gasteiger partial charge in [-0.05, 0) is 24.3 Å². The number of phenols is 1. The van der Waals surface area contributed by atoms with E-state index in [4.69, 9.17) is 4.74 Å². The number of aromatic hydroxyl groups is 1. The average Bonchev–Trinajstić information content (AvgIpc) is 2.46. The van der Waals surface area contributed by atoms with Gasteiger partial charge >= 0.3 is 0 Å². The second kappa shape index (κ2) is 5.79. The molecule has 0 amide bonds. The maximum absolute atomic E-state index is 10.5. The van der Waals surface area contributed by atoms with Crippen molar-refractivity contribution in [1.82, 2.24) is 0 Å². The summed E-state index contributed by atoms with van der Waals surface area (Å²) >= 11 is 0. The van der Waals surface area contributed by atoms with E-state index in [0.717, 1.165) is 0 Å². The van der Waals surface area contributed by atoms with E-state index in [1.165, 1.54) is 43.5 Å². The lowest BCUT2D eigenvalue weighted by molar-refractivity contribution is -0.384. The lowest BCUT2D eigenvalue weighted by Crippen LogP contribution is -1.85. The molecule has 2 rings (SSSR count). The smallest absolute Gasteiger partial charge is 0.269 e. The van der Waals surface area contributed by atoms with Crippen molar-refractivity contribution in [3.63, 3.8) is 0 Å². The Morgan fingerprint density at radius 3 is 2.30 bits per heavy atom. The number of methoxy groups -OCH3 is 1. The average molecular weight is 273 g/mol. The van der Waals surface area contributed by atoms with E-state index in [0.29, 0.717) is 17.1 Å². The number of nitro benzene ring substituents is 1. The highest BCUT2D eigenvalue weighted by Crippen LogP contribution is 2.31. The maximum Gasteiger partial charge on any atom is 0.269 e. The molecule has 0 atom stereocenters. The highest BCUT2D eigenvalue weighted by atomic mass is 16.6. The fourth-order valence-corrected chi connectivity index (χ4v) is 1.48. The second-order valence-corrected chi connectivity index (χ2v) is 3.83. The monoisotopic (exact) mass is 273 g/mol. The zero-order chi connectivity index (χ0) is 14.5. The largest absolute Gasteiger partial charge is 0.504 e. The van der Waals surface area contributed by atoms with Crippen LogP contribution in [0.3, 0.4) is 0 Å². The summed E-state index contributed by atoms with van der Waals surface area (Å²) in [6.07, 6.45) is 0. The molecule has 0 aliphatic carbocycles. The molecule has 1 N–H and O–H groups in total. The third-order valence-corrected chi connectivity index (χ3v) is 2.50. The van der Waals surface area contributed by atoms with Crippen molar-refractivity contribution in [3.8, 4) is 11.5 Å². The van der Waals surface area contributed by atoms with Crippen LogP contribution in [0.25, 0.3) is 0 Å². The van der Waals surface area contributed by atoms with Crippen LogP contribution < -0.4 is 4.74 Å². The van der Waals surface area contributed by atoms with Gasteiger partial charge in [0.1, 0.15) is 0 Å². The molecule has 0 saturated heterocycles. The second-order valence-electron chi connectivity index (χ2n) is 3.83. The summed E-state index contributed by atoms with van der Waals surface area (Å²) in [5.74, 6) is 0.312. The van der Waals surface area contributed by atoms with Gasteiger partial charge in [0.15, 0.2) is 11.5 Å². The first-order chi connectivity index (χ1) is 9.60. The summed E-state index contributed by atoms with van der Waals surface area (Å²) in [7, 11) is 1.44. The minimum Gasteiger partial charge on any atom is -0.504 e. The Bertz CT molecular complexity index is 653. The molecule has 7 nitrogen and oxygen atoms in total. The third-order valence-electron chi connectivity index (χ3n) is 2.50. The zero-order valence-electron chi connectivity index (χ0n) is 10.6. The van der Waals surface area contributed by atoms with Crippen molar-refractivity contribution >= 4 is 17.1 Å². The summed E-state index contributed by atoms with van der Waals surface area (Å²) in [6, 6.07) is 10.3. The molecular weight excluding hydrogens is 262 g/mol. The summed E-state index contributed by atoms with van der Waals surface area (Å²) in [5, 5.41) is 27.9. The molecule has 0 aliphatic rings. The van der Waals surface area contributed by atoms with Crippen molar-refractivity contribution in [2.75, 3.05) is 7.11 Å². The summed E-state index contributed by atoms with van der Waals surface area (Å²) in [6.45, 7) is 0. The van der Waals surface area contributed by atoms with Crippen LogP contribution in [0, 0.1) is 10.1 Å². The zero-order valence-corrected chi connectivity index (χ0v) is 10.6. The van der Waals surface area contributed by atoms with Gasteiger partial charge in [-0.1, -0.05) is 0 Å². The van der Waals surface area contributed by atoms with Crippen LogP contribution in [0.1, 0.15) is 0 Å². The van der Waals surface area contributed by atoms with E-state index in [9.17, 15) is 15.2 Å². The molecule has 0 heterocycles. The van der Waals surface area contributed by atoms with Gasteiger partial charge in [-0.15, -0.1) is 0 Å². The standard InChI is InChI=1S/C13H11N3O4/c1-20-13-8-10(4-7-12(13)17)15-14-9-2-5-11(6-3-9)16(18)19/h2-8,17H,1H3. The Labute approximate surface area is 114 Å². The minimum atomic E-state index is -0.480. The SMILES string of the molecule is COc1cc(N=Nc2ccc([N+](=O)[O-])cc2)ccc1O. The van der Waals surface area contributed by atoms with Gasteiger partial charge in [0.2, 0.25) is 0 Å². The number of nitro groups is 1. The Balaban J connectivity index is 2.18. The third kappa shape index (κ3) is 3.08. The van der Waals surface area contributed by atoms with E-state index in [-0.39, 0.29) is 11.4 Å². The van der Waals surface area contributed by atoms with Gasteiger partial charge in [0.05, 0.1) is 23.4 Å². The molecular formula is C13H11N3O4. The Hall–Kier alpha value is -2.96. The Kier molecular flexibility index (Phi) is 3.90. The molecule has 0 radical (unpaired) electrons. The van der Waals surface area contributed by atoms with E-state index in [1.807, 2.05) is 0 Å². The molecule has 0 fully saturated rings. The molecule has 0 unspecified atom stereocenters. The number of phenolic OH excluding ortho intramolecular Hbond substituents is 1. The molecule has 0 aromatic heterocycles. The molecule has 20 heavy (non-hydrogen) atoms. The van der Waals surface area contributed by atoms with Gasteiger partial charge < -0.3 is 9.84 Å². The highest BCUT2D eigenvalue weighted by molar-refractivity contribution is 5.51. The molecule has 7 heteroatoms. The first-order valence-electron chi connectivity index (χ1n) is 5.63. The van der Waals surface area contributed by atoms with Crippen LogP contribution in [0.2, 0.25) is 0 Å². The topological polar surface area (TPSA) is 97.3 Å². The first-order valence-corrected chi connectivity index (χ1v) is 5.63. The Morgan fingerprint density at radius 2 is 1.70 bits per heavy atom. The van der Waals surface area contributed by atoms with Crippen LogP contribution in [0.4, 0.5) is 17.1 Å². The van der Waals surface area contributed by atoms with Crippen LogP contribution in [-0.2, 0) is 0 Å². The number of non-ortho nitro benzene ring substituents is 1. The lowest BCUT2D eigenvalue weighted by Gasteiger charge is -2.02. The predicted molar refractivity (Wildman–Crippen MR) is 71.9 cm³/mol. The molecule has 0 aliphatic heterocycles. The van der Waals surface area contributed by atoms with Crippen molar-refractivity contribution in [2.24, 2.45) is 10.2 Å². The quantitative estimate of drug-likeness (QED) is 0.521. The molecule has 0 bridgehead atoms.